The molecule has 2 aromatic carbocycles. The minimum absolute atomic E-state index is 0.00253. The number of amides is 2. The van der Waals surface area contributed by atoms with Crippen LogP contribution in [0.1, 0.15) is 11.1 Å². The third-order valence-corrected chi connectivity index (χ3v) is 9.07. The summed E-state index contributed by atoms with van der Waals surface area (Å²) in [7, 11) is -3.28. The quantitative estimate of drug-likeness (QED) is 0.548. The predicted molar refractivity (Wildman–Crippen MR) is 103 cm³/mol. The number of urea groups is 1. The highest BCUT2D eigenvalue weighted by Crippen LogP contribution is 2.40. The second-order valence-corrected chi connectivity index (χ2v) is 10.5. The molecule has 0 unspecified atom stereocenters. The summed E-state index contributed by atoms with van der Waals surface area (Å²) >= 11 is 3.35. The minimum Gasteiger partial charge on any atom is -0.314 e. The van der Waals surface area contributed by atoms with E-state index < -0.39 is 14.0 Å². The van der Waals surface area contributed by atoms with E-state index in [4.69, 9.17) is 0 Å². The standard InChI is InChI=1S/C19H19BrN2O3S/c20-18-17-16(13-26(18,24)25)21(11-14-7-3-1-4-8-14)19(23)22(17)12-15-9-5-2-6-10-15/h1-10,16-18H,11-13H2/t16-,17+,18-/m1/s1. The summed E-state index contributed by atoms with van der Waals surface area (Å²) in [6, 6.07) is 18.5. The molecule has 2 aromatic rings. The fraction of sp³-hybridized carbons (Fsp3) is 0.316. The first-order valence-electron chi connectivity index (χ1n) is 8.48. The molecule has 2 amide bonds. The van der Waals surface area contributed by atoms with E-state index in [9.17, 15) is 13.2 Å². The van der Waals surface area contributed by atoms with Crippen LogP contribution in [0.5, 0.6) is 0 Å². The van der Waals surface area contributed by atoms with Crippen LogP contribution in [0.4, 0.5) is 4.79 Å². The molecule has 2 fully saturated rings. The summed E-state index contributed by atoms with van der Waals surface area (Å²) in [6.45, 7) is 0.825. The number of sulfone groups is 1. The van der Waals surface area contributed by atoms with Crippen LogP contribution in [0.3, 0.4) is 0 Å². The van der Waals surface area contributed by atoms with Gasteiger partial charge in [-0.1, -0.05) is 76.6 Å². The van der Waals surface area contributed by atoms with Crippen LogP contribution in [-0.2, 0) is 22.9 Å². The molecular weight excluding hydrogens is 416 g/mol. The third kappa shape index (κ3) is 3.03. The molecule has 0 spiro atoms. The zero-order chi connectivity index (χ0) is 18.3. The molecule has 0 radical (unpaired) electrons. The molecule has 5 nitrogen and oxygen atoms in total. The fourth-order valence-corrected chi connectivity index (χ4v) is 6.68. The molecule has 0 aliphatic carbocycles. The number of hydrogen-bond donors (Lipinski definition) is 0. The largest absolute Gasteiger partial charge is 0.321 e. The normalized spacial score (nSPS) is 27.0. The van der Waals surface area contributed by atoms with E-state index in [-0.39, 0.29) is 23.9 Å². The van der Waals surface area contributed by atoms with Crippen LogP contribution in [0, 0.1) is 0 Å². The Bertz CT molecular complexity index is 905. The van der Waals surface area contributed by atoms with E-state index in [1.165, 1.54) is 0 Å². The summed E-state index contributed by atoms with van der Waals surface area (Å²) in [4.78, 5) is 16.5. The Labute approximate surface area is 161 Å². The van der Waals surface area contributed by atoms with Gasteiger partial charge in [-0.2, -0.15) is 0 Å². The topological polar surface area (TPSA) is 57.7 Å². The molecule has 2 aliphatic rings. The van der Waals surface area contributed by atoms with Crippen LogP contribution in [0.25, 0.3) is 0 Å². The summed E-state index contributed by atoms with van der Waals surface area (Å²) in [5.41, 5.74) is 1.99. The van der Waals surface area contributed by atoms with Gasteiger partial charge in [-0.25, -0.2) is 13.2 Å². The average molecular weight is 435 g/mol. The number of fused-ring (bicyclic) bond motifs is 1. The van der Waals surface area contributed by atoms with Crippen molar-refractivity contribution in [3.63, 3.8) is 0 Å². The second kappa shape index (κ2) is 6.70. The zero-order valence-corrected chi connectivity index (χ0v) is 16.4. The highest BCUT2D eigenvalue weighted by molar-refractivity contribution is 9.11. The predicted octanol–water partition coefficient (Wildman–Crippen LogP) is 3.01. The van der Waals surface area contributed by atoms with E-state index in [1.807, 2.05) is 60.7 Å². The van der Waals surface area contributed by atoms with Crippen LogP contribution in [0.15, 0.2) is 60.7 Å². The molecule has 0 saturated carbocycles. The maximum atomic E-state index is 13.1. The number of benzene rings is 2. The molecule has 2 heterocycles. The van der Waals surface area contributed by atoms with E-state index in [2.05, 4.69) is 15.9 Å². The lowest BCUT2D eigenvalue weighted by molar-refractivity contribution is 0.181. The second-order valence-electron chi connectivity index (χ2n) is 6.75. The molecule has 26 heavy (non-hydrogen) atoms. The van der Waals surface area contributed by atoms with E-state index in [0.717, 1.165) is 11.1 Å². The summed E-state index contributed by atoms with van der Waals surface area (Å²) in [5.74, 6) is -0.00253. The lowest BCUT2D eigenvalue weighted by Gasteiger charge is -2.24. The van der Waals surface area contributed by atoms with Gasteiger partial charge in [0.15, 0.2) is 9.84 Å². The lowest BCUT2D eigenvalue weighted by Crippen LogP contribution is -2.39. The van der Waals surface area contributed by atoms with E-state index in [0.29, 0.717) is 13.1 Å². The van der Waals surface area contributed by atoms with Gasteiger partial charge in [0, 0.05) is 13.1 Å². The number of carbonyl (C=O) groups excluding carboxylic acids is 1. The van der Waals surface area contributed by atoms with Crippen molar-refractivity contribution < 1.29 is 13.2 Å². The van der Waals surface area contributed by atoms with Crippen molar-refractivity contribution in [2.75, 3.05) is 5.75 Å². The van der Waals surface area contributed by atoms with Crippen molar-refractivity contribution in [1.29, 1.82) is 0 Å². The molecule has 3 atom stereocenters. The van der Waals surface area contributed by atoms with Gasteiger partial charge in [-0.3, -0.25) is 0 Å². The van der Waals surface area contributed by atoms with Crippen LogP contribution in [0.2, 0.25) is 0 Å². The molecular formula is C19H19BrN2O3S. The molecule has 2 saturated heterocycles. The number of nitrogens with zero attached hydrogens (tertiary/aromatic N) is 2. The first-order valence-corrected chi connectivity index (χ1v) is 11.1. The highest BCUT2D eigenvalue weighted by atomic mass is 79.9. The molecule has 0 aromatic heterocycles. The maximum Gasteiger partial charge on any atom is 0.321 e. The first kappa shape index (κ1) is 17.5. The summed E-state index contributed by atoms with van der Waals surface area (Å²) < 4.78 is 24.2. The van der Waals surface area contributed by atoms with Crippen LogP contribution >= 0.6 is 15.9 Å². The number of carbonyl (C=O) groups is 1. The zero-order valence-electron chi connectivity index (χ0n) is 14.0. The van der Waals surface area contributed by atoms with Crippen molar-refractivity contribution in [2.45, 2.75) is 29.3 Å². The maximum absolute atomic E-state index is 13.1. The first-order chi connectivity index (χ1) is 12.5. The third-order valence-electron chi connectivity index (χ3n) is 5.05. The number of rotatable bonds is 4. The van der Waals surface area contributed by atoms with Gasteiger partial charge in [0.2, 0.25) is 0 Å². The van der Waals surface area contributed by atoms with E-state index >= 15 is 0 Å². The van der Waals surface area contributed by atoms with Gasteiger partial charge in [-0.05, 0) is 11.1 Å². The minimum atomic E-state index is -3.28. The molecule has 4 rings (SSSR count). The van der Waals surface area contributed by atoms with Gasteiger partial charge in [-0.15, -0.1) is 0 Å². The summed E-state index contributed by atoms with van der Waals surface area (Å²) in [5, 5.41) is 0. The Hall–Kier alpha value is -1.86. The van der Waals surface area contributed by atoms with Gasteiger partial charge in [0.25, 0.3) is 0 Å². The molecule has 0 N–H and O–H groups in total. The lowest BCUT2D eigenvalue weighted by atomic mass is 10.1. The Morgan fingerprint density at radius 3 is 1.92 bits per heavy atom. The molecule has 2 aliphatic heterocycles. The van der Waals surface area contributed by atoms with Crippen molar-refractivity contribution in [1.82, 2.24) is 9.80 Å². The molecule has 136 valence electrons. The number of halogens is 1. The Morgan fingerprint density at radius 2 is 1.38 bits per heavy atom. The van der Waals surface area contributed by atoms with Crippen LogP contribution < -0.4 is 0 Å². The molecule has 7 heteroatoms. The van der Waals surface area contributed by atoms with Gasteiger partial charge in [0.05, 0.1) is 17.8 Å². The highest BCUT2D eigenvalue weighted by Gasteiger charge is 2.58. The van der Waals surface area contributed by atoms with Gasteiger partial charge >= 0.3 is 6.03 Å². The monoisotopic (exact) mass is 434 g/mol. The van der Waals surface area contributed by atoms with Crippen molar-refractivity contribution >= 4 is 31.8 Å². The smallest absolute Gasteiger partial charge is 0.314 e. The number of alkyl halides is 1. The number of hydrogen-bond acceptors (Lipinski definition) is 3. The summed E-state index contributed by atoms with van der Waals surface area (Å²) in [6.07, 6.45) is 0. The Kier molecular flexibility index (Phi) is 4.52. The van der Waals surface area contributed by atoms with Gasteiger partial charge in [0.1, 0.15) is 4.16 Å². The Morgan fingerprint density at radius 1 is 0.885 bits per heavy atom. The average Bonchev–Trinajstić information content (AvgIpc) is 3.02. The SMILES string of the molecule is O=C1N(Cc2ccccc2)[C@H]2[C@@H](CS(=O)(=O)[C@H]2Br)N1Cc1ccccc1. The van der Waals surface area contributed by atoms with Crippen molar-refractivity contribution in [3.8, 4) is 0 Å². The fourth-order valence-electron chi connectivity index (χ4n) is 3.79. The van der Waals surface area contributed by atoms with E-state index in [1.54, 1.807) is 9.80 Å². The Balaban J connectivity index is 1.67. The van der Waals surface area contributed by atoms with Crippen molar-refractivity contribution in [3.05, 3.63) is 71.8 Å². The van der Waals surface area contributed by atoms with Gasteiger partial charge < -0.3 is 9.80 Å². The van der Waals surface area contributed by atoms with Crippen molar-refractivity contribution in [2.24, 2.45) is 0 Å². The van der Waals surface area contributed by atoms with Crippen LogP contribution in [-0.4, -0.2) is 46.2 Å². The molecule has 0 bridgehead atoms.